The van der Waals surface area contributed by atoms with E-state index in [1.807, 2.05) is 13.8 Å². The van der Waals surface area contributed by atoms with Gasteiger partial charge in [-0.05, 0) is 76.5 Å². The number of aliphatic hydroxyl groups excluding tert-OH is 6. The third-order valence-electron chi connectivity index (χ3n) is 4.49. The Hall–Kier alpha value is -1.50. The van der Waals surface area contributed by atoms with Crippen LogP contribution in [0, 0.1) is 5.92 Å². The van der Waals surface area contributed by atoms with Crippen LogP contribution in [0.25, 0.3) is 0 Å². The molecule has 0 radical (unpaired) electrons. The van der Waals surface area contributed by atoms with E-state index < -0.39 is 0 Å². The summed E-state index contributed by atoms with van der Waals surface area (Å²) in [6.07, 6.45) is 16.9. The molecule has 0 heterocycles. The Morgan fingerprint density at radius 1 is 0.581 bits per heavy atom. The van der Waals surface area contributed by atoms with Crippen molar-refractivity contribution >= 4 is 0 Å². The molecule has 6 N–H and O–H groups in total. The molecule has 0 fully saturated rings. The average Bonchev–Trinajstić information content (AvgIpc) is 2.74. The zero-order valence-corrected chi connectivity index (χ0v) is 20.2. The number of hydrogen-bond donors (Lipinski definition) is 6. The summed E-state index contributed by atoms with van der Waals surface area (Å²) in [5.41, 5.74) is 0. The van der Waals surface area contributed by atoms with Crippen molar-refractivity contribution in [1.82, 2.24) is 0 Å². The molecule has 31 heavy (non-hydrogen) atoms. The van der Waals surface area contributed by atoms with Gasteiger partial charge >= 0.3 is 0 Å². The minimum absolute atomic E-state index is 0.160. The highest BCUT2D eigenvalue weighted by molar-refractivity contribution is 4.74. The van der Waals surface area contributed by atoms with E-state index >= 15 is 0 Å². The molecule has 0 amide bonds. The normalized spacial score (nSPS) is 14.3. The second-order valence-corrected chi connectivity index (χ2v) is 8.00. The van der Waals surface area contributed by atoms with Gasteiger partial charge in [-0.2, -0.15) is 0 Å². The first-order valence-corrected chi connectivity index (χ1v) is 11.7. The molecule has 0 saturated heterocycles. The Morgan fingerprint density at radius 3 is 1.29 bits per heavy atom. The highest BCUT2D eigenvalue weighted by Crippen LogP contribution is 2.09. The topological polar surface area (TPSA) is 121 Å². The fourth-order valence-corrected chi connectivity index (χ4v) is 2.53. The molecule has 0 rings (SSSR count). The van der Waals surface area contributed by atoms with E-state index in [-0.39, 0.29) is 18.3 Å². The third-order valence-corrected chi connectivity index (χ3v) is 4.49. The van der Waals surface area contributed by atoms with Gasteiger partial charge < -0.3 is 30.6 Å². The van der Waals surface area contributed by atoms with Crippen molar-refractivity contribution in [3.05, 3.63) is 37.0 Å². The van der Waals surface area contributed by atoms with Crippen LogP contribution in [0.1, 0.15) is 98.3 Å². The maximum Gasteiger partial charge on any atom is 0.0751 e. The monoisotopic (exact) mass is 446 g/mol. The molecule has 6 nitrogen and oxygen atoms in total. The van der Waals surface area contributed by atoms with Gasteiger partial charge in [0, 0.05) is 0 Å². The van der Waals surface area contributed by atoms with Crippen LogP contribution in [-0.4, -0.2) is 49.0 Å². The zero-order chi connectivity index (χ0) is 24.3. The summed E-state index contributed by atoms with van der Waals surface area (Å²) >= 11 is 0. The Morgan fingerprint density at radius 2 is 0.968 bits per heavy atom. The molecule has 0 aromatic carbocycles. The number of allylic oxidation sites excluding steroid dienone is 3. The van der Waals surface area contributed by atoms with Crippen molar-refractivity contribution < 1.29 is 30.6 Å². The fraction of sp³-hybridized carbons (Fsp3) is 0.760. The molecule has 0 bridgehead atoms. The van der Waals surface area contributed by atoms with Crippen LogP contribution in [0.5, 0.6) is 0 Å². The van der Waals surface area contributed by atoms with Crippen molar-refractivity contribution in [1.29, 1.82) is 0 Å². The van der Waals surface area contributed by atoms with E-state index in [2.05, 4.69) is 13.8 Å². The standard InChI is InChI=1S/C9H18O2.2C8H16O2/c1-8(2)7-9(11)5-3-4-6-10;2*1-2-8(10)6-4-3-5-7-9/h4,6,8-11H,3,5,7H2,1-2H3;2*5,7-10H,2-4,6H2,1H3. The molecule has 0 aliphatic rings. The molecule has 186 valence electrons. The Kier molecular flexibility index (Phi) is 31.4. The lowest BCUT2D eigenvalue weighted by Crippen LogP contribution is -2.09. The van der Waals surface area contributed by atoms with E-state index in [9.17, 15) is 5.11 Å². The van der Waals surface area contributed by atoms with E-state index in [1.54, 1.807) is 18.2 Å². The predicted molar refractivity (Wildman–Crippen MR) is 130 cm³/mol. The number of unbranched alkanes of at least 4 members (excludes halogenated alkanes) is 2. The van der Waals surface area contributed by atoms with E-state index in [4.69, 9.17) is 25.5 Å². The highest BCUT2D eigenvalue weighted by atomic mass is 16.3. The van der Waals surface area contributed by atoms with Crippen molar-refractivity contribution in [2.45, 2.75) is 117 Å². The summed E-state index contributed by atoms with van der Waals surface area (Å²) in [5.74, 6) is 0.545. The summed E-state index contributed by atoms with van der Waals surface area (Å²) in [5, 5.41) is 52.3. The quantitative estimate of drug-likeness (QED) is 0.131. The van der Waals surface area contributed by atoms with Gasteiger partial charge in [0.05, 0.1) is 37.1 Å². The molecule has 0 aromatic rings. The molecule has 0 aliphatic carbocycles. The first-order valence-electron chi connectivity index (χ1n) is 11.7. The predicted octanol–water partition coefficient (Wildman–Crippen LogP) is 6.24. The van der Waals surface area contributed by atoms with Crippen molar-refractivity contribution in [2.75, 3.05) is 0 Å². The summed E-state index contributed by atoms with van der Waals surface area (Å²) in [6.45, 7) is 8.11. The SMILES string of the molecule is CC(C)CC(O)CCC=CO.CCC(O)CCCC=CO.CCC(O)CCCC=CO. The molecule has 0 spiro atoms. The number of aliphatic hydroxyl groups is 6. The van der Waals surface area contributed by atoms with E-state index in [0.29, 0.717) is 5.92 Å². The van der Waals surface area contributed by atoms with E-state index in [1.165, 1.54) is 0 Å². The second-order valence-electron chi connectivity index (χ2n) is 8.00. The van der Waals surface area contributed by atoms with Gasteiger partial charge in [-0.25, -0.2) is 0 Å². The average molecular weight is 447 g/mol. The molecule has 0 aromatic heterocycles. The van der Waals surface area contributed by atoms with Crippen LogP contribution < -0.4 is 0 Å². The van der Waals surface area contributed by atoms with Crippen molar-refractivity contribution in [3.63, 3.8) is 0 Å². The van der Waals surface area contributed by atoms with Crippen molar-refractivity contribution in [2.24, 2.45) is 5.92 Å². The van der Waals surface area contributed by atoms with Gasteiger partial charge in [-0.3, -0.25) is 0 Å². The van der Waals surface area contributed by atoms with Crippen LogP contribution in [-0.2, 0) is 0 Å². The Labute approximate surface area is 190 Å². The maximum atomic E-state index is 9.33. The summed E-state index contributed by atoms with van der Waals surface area (Å²) in [4.78, 5) is 0. The fourth-order valence-electron chi connectivity index (χ4n) is 2.53. The largest absolute Gasteiger partial charge is 0.516 e. The number of hydrogen-bond acceptors (Lipinski definition) is 6. The van der Waals surface area contributed by atoms with Crippen LogP contribution in [0.3, 0.4) is 0 Å². The van der Waals surface area contributed by atoms with E-state index in [0.717, 1.165) is 89.4 Å². The molecular formula is C25H50O6. The van der Waals surface area contributed by atoms with Crippen LogP contribution in [0.4, 0.5) is 0 Å². The number of rotatable bonds is 15. The lowest BCUT2D eigenvalue weighted by molar-refractivity contribution is 0.140. The highest BCUT2D eigenvalue weighted by Gasteiger charge is 2.04. The molecule has 0 saturated carbocycles. The Balaban J connectivity index is -0.000000380. The molecular weight excluding hydrogens is 396 g/mol. The summed E-state index contributed by atoms with van der Waals surface area (Å²) in [6, 6.07) is 0. The minimum Gasteiger partial charge on any atom is -0.516 e. The zero-order valence-electron chi connectivity index (χ0n) is 20.2. The molecule has 0 aliphatic heterocycles. The first kappa shape index (κ1) is 34.1. The maximum absolute atomic E-state index is 9.33. The van der Waals surface area contributed by atoms with Gasteiger partial charge in [0.15, 0.2) is 0 Å². The second kappa shape index (κ2) is 28.5. The molecule has 3 unspecified atom stereocenters. The van der Waals surface area contributed by atoms with Gasteiger partial charge in [-0.1, -0.05) is 45.9 Å². The lowest BCUT2D eigenvalue weighted by atomic mass is 10.0. The Bertz CT molecular complexity index is 383. The van der Waals surface area contributed by atoms with Crippen LogP contribution >= 0.6 is 0 Å². The van der Waals surface area contributed by atoms with Gasteiger partial charge in [-0.15, -0.1) is 0 Å². The lowest BCUT2D eigenvalue weighted by Gasteiger charge is -2.10. The molecule has 3 atom stereocenters. The van der Waals surface area contributed by atoms with Gasteiger partial charge in [0.2, 0.25) is 0 Å². The summed E-state index contributed by atoms with van der Waals surface area (Å²) < 4.78 is 0. The van der Waals surface area contributed by atoms with Crippen molar-refractivity contribution in [3.8, 4) is 0 Å². The summed E-state index contributed by atoms with van der Waals surface area (Å²) in [7, 11) is 0. The first-order chi connectivity index (χ1) is 14.8. The van der Waals surface area contributed by atoms with Crippen LogP contribution in [0.2, 0.25) is 0 Å². The minimum atomic E-state index is -0.216. The van der Waals surface area contributed by atoms with Gasteiger partial charge in [0.25, 0.3) is 0 Å². The third kappa shape index (κ3) is 36.2. The molecule has 6 heteroatoms. The van der Waals surface area contributed by atoms with Crippen LogP contribution in [0.15, 0.2) is 37.0 Å². The smallest absolute Gasteiger partial charge is 0.0751 e. The van der Waals surface area contributed by atoms with Gasteiger partial charge in [0.1, 0.15) is 0 Å².